The first-order valence-corrected chi connectivity index (χ1v) is 9.57. The normalized spacial score (nSPS) is 27.7. The van der Waals surface area contributed by atoms with Crippen LogP contribution in [-0.2, 0) is 4.79 Å². The summed E-state index contributed by atoms with van der Waals surface area (Å²) in [6.07, 6.45) is 5.58. The van der Waals surface area contributed by atoms with Gasteiger partial charge in [-0.2, -0.15) is 0 Å². The van der Waals surface area contributed by atoms with Crippen LogP contribution in [0.25, 0.3) is 0 Å². The van der Waals surface area contributed by atoms with Gasteiger partial charge in [0.2, 0.25) is 0 Å². The van der Waals surface area contributed by atoms with Crippen LogP contribution in [-0.4, -0.2) is 18.1 Å². The number of carbonyl (C=O) groups excluding carboxylic acids is 1. The predicted molar refractivity (Wildman–Crippen MR) is 104 cm³/mol. The van der Waals surface area contributed by atoms with E-state index in [0.29, 0.717) is 17.4 Å². The molecule has 0 saturated heterocycles. The zero-order valence-corrected chi connectivity index (χ0v) is 16.6. The fraction of sp³-hybridized carbons (Fsp3) is 0.591. The molecule has 1 aromatic rings. The summed E-state index contributed by atoms with van der Waals surface area (Å²) in [7, 11) is 1.55. The number of anilines is 1. The average molecular weight is 357 g/mol. The van der Waals surface area contributed by atoms with Gasteiger partial charge in [-0.1, -0.05) is 32.8 Å². The van der Waals surface area contributed by atoms with Gasteiger partial charge < -0.3 is 15.2 Å². The zero-order chi connectivity index (χ0) is 19.1. The standard InChI is InChI=1S/C22H31NO3/c1-14-7-8-18-21(2,3)9-6-10-22(18,4)19(14)20(25)23-15-11-16(24)13-17(12-15)26-5/h11-13,18,24H,6-10H2,1-5H3,(H,23,25)/t18-,22-/m0/s1. The molecule has 2 aliphatic rings. The molecule has 1 saturated carbocycles. The van der Waals surface area contributed by atoms with Crippen LogP contribution in [0.1, 0.15) is 59.8 Å². The number of hydrogen-bond acceptors (Lipinski definition) is 3. The SMILES string of the molecule is COc1cc(O)cc(NC(=O)C2=C(C)CC[C@H]3C(C)(C)CCC[C@]23C)c1. The minimum Gasteiger partial charge on any atom is -0.508 e. The maximum absolute atomic E-state index is 13.3. The van der Waals surface area contributed by atoms with E-state index < -0.39 is 0 Å². The van der Waals surface area contributed by atoms with Gasteiger partial charge in [0.1, 0.15) is 11.5 Å². The molecule has 1 fully saturated rings. The third kappa shape index (κ3) is 3.22. The van der Waals surface area contributed by atoms with Crippen LogP contribution in [0, 0.1) is 16.7 Å². The molecule has 4 nitrogen and oxygen atoms in total. The maximum atomic E-state index is 13.3. The molecule has 0 aromatic heterocycles. The summed E-state index contributed by atoms with van der Waals surface area (Å²) >= 11 is 0. The van der Waals surface area contributed by atoms with Crippen molar-refractivity contribution in [1.29, 1.82) is 0 Å². The summed E-state index contributed by atoms with van der Waals surface area (Å²) in [5, 5.41) is 12.9. The lowest BCUT2D eigenvalue weighted by Gasteiger charge is -2.54. The number of amides is 1. The van der Waals surface area contributed by atoms with Crippen molar-refractivity contribution in [3.8, 4) is 11.5 Å². The second-order valence-corrected chi connectivity index (χ2v) is 8.88. The van der Waals surface area contributed by atoms with Crippen molar-refractivity contribution in [2.24, 2.45) is 16.7 Å². The molecule has 1 amide bonds. The Kier molecular flexibility index (Phi) is 4.80. The van der Waals surface area contributed by atoms with E-state index in [4.69, 9.17) is 4.74 Å². The van der Waals surface area contributed by atoms with Gasteiger partial charge in [0.25, 0.3) is 5.91 Å². The Morgan fingerprint density at radius 2 is 1.96 bits per heavy atom. The van der Waals surface area contributed by atoms with Crippen molar-refractivity contribution < 1.29 is 14.6 Å². The molecule has 0 aliphatic heterocycles. The Bertz CT molecular complexity index is 750. The minimum absolute atomic E-state index is 0.0416. The number of benzene rings is 1. The maximum Gasteiger partial charge on any atom is 0.252 e. The van der Waals surface area contributed by atoms with Gasteiger partial charge in [0.15, 0.2) is 0 Å². The van der Waals surface area contributed by atoms with E-state index >= 15 is 0 Å². The van der Waals surface area contributed by atoms with Crippen molar-refractivity contribution in [3.05, 3.63) is 29.3 Å². The summed E-state index contributed by atoms with van der Waals surface area (Å²) in [5.41, 5.74) is 2.88. The monoisotopic (exact) mass is 357 g/mol. The molecule has 3 rings (SSSR count). The molecule has 0 radical (unpaired) electrons. The molecule has 0 spiro atoms. The Labute approximate surface area is 156 Å². The molecule has 0 unspecified atom stereocenters. The Morgan fingerprint density at radius 1 is 1.23 bits per heavy atom. The summed E-state index contributed by atoms with van der Waals surface area (Å²) in [6.45, 7) is 9.08. The quantitative estimate of drug-likeness (QED) is 0.773. The molecule has 2 atom stereocenters. The highest BCUT2D eigenvalue weighted by molar-refractivity contribution is 6.05. The van der Waals surface area contributed by atoms with E-state index in [0.717, 1.165) is 31.3 Å². The minimum atomic E-state index is -0.0882. The first kappa shape index (κ1) is 18.8. The fourth-order valence-corrected chi connectivity index (χ4v) is 5.52. The molecular formula is C22H31NO3. The highest BCUT2D eigenvalue weighted by Crippen LogP contribution is 2.59. The molecule has 0 bridgehead atoms. The molecule has 26 heavy (non-hydrogen) atoms. The molecule has 0 heterocycles. The number of nitrogens with one attached hydrogen (secondary N) is 1. The van der Waals surface area contributed by atoms with Gasteiger partial charge in [-0.25, -0.2) is 0 Å². The largest absolute Gasteiger partial charge is 0.508 e. The summed E-state index contributed by atoms with van der Waals surface area (Å²) in [5.74, 6) is 1.08. The van der Waals surface area contributed by atoms with Crippen LogP contribution >= 0.6 is 0 Å². The van der Waals surface area contributed by atoms with E-state index in [-0.39, 0.29) is 22.5 Å². The number of carbonyl (C=O) groups is 1. The lowest BCUT2D eigenvalue weighted by atomic mass is 9.50. The van der Waals surface area contributed by atoms with Gasteiger partial charge in [-0.15, -0.1) is 0 Å². The van der Waals surface area contributed by atoms with E-state index in [1.165, 1.54) is 18.1 Å². The summed E-state index contributed by atoms with van der Waals surface area (Å²) in [6, 6.07) is 4.83. The Balaban J connectivity index is 1.94. The second kappa shape index (κ2) is 6.64. The number of ether oxygens (including phenoxy) is 1. The van der Waals surface area contributed by atoms with Gasteiger partial charge in [0, 0.05) is 34.9 Å². The first-order chi connectivity index (χ1) is 12.2. The smallest absolute Gasteiger partial charge is 0.252 e. The van der Waals surface area contributed by atoms with E-state index in [1.807, 2.05) is 0 Å². The van der Waals surface area contributed by atoms with Crippen molar-refractivity contribution in [1.82, 2.24) is 0 Å². The summed E-state index contributed by atoms with van der Waals surface area (Å²) < 4.78 is 5.19. The van der Waals surface area contributed by atoms with Gasteiger partial charge >= 0.3 is 0 Å². The Hall–Kier alpha value is -1.97. The summed E-state index contributed by atoms with van der Waals surface area (Å²) in [4.78, 5) is 13.3. The fourth-order valence-electron chi connectivity index (χ4n) is 5.52. The van der Waals surface area contributed by atoms with Crippen LogP contribution < -0.4 is 10.1 Å². The lowest BCUT2D eigenvalue weighted by molar-refractivity contribution is -0.115. The van der Waals surface area contributed by atoms with Crippen LogP contribution in [0.5, 0.6) is 11.5 Å². The van der Waals surface area contributed by atoms with Crippen LogP contribution in [0.15, 0.2) is 29.3 Å². The zero-order valence-electron chi connectivity index (χ0n) is 16.6. The van der Waals surface area contributed by atoms with E-state index in [9.17, 15) is 9.90 Å². The van der Waals surface area contributed by atoms with Gasteiger partial charge in [-0.05, 0) is 43.9 Å². The predicted octanol–water partition coefficient (Wildman–Crippen LogP) is 5.28. The van der Waals surface area contributed by atoms with E-state index in [2.05, 4.69) is 33.0 Å². The van der Waals surface area contributed by atoms with Gasteiger partial charge in [-0.3, -0.25) is 4.79 Å². The topological polar surface area (TPSA) is 58.6 Å². The van der Waals surface area contributed by atoms with Crippen molar-refractivity contribution in [3.63, 3.8) is 0 Å². The number of phenols is 1. The molecule has 1 aromatic carbocycles. The van der Waals surface area contributed by atoms with Crippen molar-refractivity contribution in [2.75, 3.05) is 12.4 Å². The van der Waals surface area contributed by atoms with Crippen LogP contribution in [0.2, 0.25) is 0 Å². The first-order valence-electron chi connectivity index (χ1n) is 9.57. The highest BCUT2D eigenvalue weighted by Gasteiger charge is 2.51. The number of aromatic hydroxyl groups is 1. The van der Waals surface area contributed by atoms with Crippen molar-refractivity contribution in [2.45, 2.75) is 59.8 Å². The van der Waals surface area contributed by atoms with Gasteiger partial charge in [0.05, 0.1) is 7.11 Å². The van der Waals surface area contributed by atoms with Crippen LogP contribution in [0.3, 0.4) is 0 Å². The lowest BCUT2D eigenvalue weighted by Crippen LogP contribution is -2.47. The molecule has 4 heteroatoms. The molecule has 142 valence electrons. The molecular weight excluding hydrogens is 326 g/mol. The molecule has 2 N–H and O–H groups in total. The number of fused-ring (bicyclic) bond motifs is 1. The number of rotatable bonds is 3. The number of methoxy groups -OCH3 is 1. The average Bonchev–Trinajstić information content (AvgIpc) is 2.52. The van der Waals surface area contributed by atoms with Crippen molar-refractivity contribution >= 4 is 11.6 Å². The number of phenolic OH excluding ortho intramolecular Hbond substituents is 1. The number of hydrogen-bond donors (Lipinski definition) is 2. The van der Waals surface area contributed by atoms with Crippen LogP contribution in [0.4, 0.5) is 5.69 Å². The second-order valence-electron chi connectivity index (χ2n) is 8.88. The third-order valence-corrected chi connectivity index (χ3v) is 6.65. The van der Waals surface area contributed by atoms with E-state index in [1.54, 1.807) is 19.2 Å². The Morgan fingerprint density at radius 3 is 2.65 bits per heavy atom. The number of allylic oxidation sites excluding steroid dienone is 1. The third-order valence-electron chi connectivity index (χ3n) is 6.65. The molecule has 2 aliphatic carbocycles. The highest BCUT2D eigenvalue weighted by atomic mass is 16.5.